The summed E-state index contributed by atoms with van der Waals surface area (Å²) in [6.45, 7) is 12.0. The van der Waals surface area contributed by atoms with Crippen molar-refractivity contribution in [3.63, 3.8) is 0 Å². The minimum absolute atomic E-state index is 0.773. The van der Waals surface area contributed by atoms with Crippen LogP contribution in [0.25, 0.3) is 16.7 Å². The van der Waals surface area contributed by atoms with Gasteiger partial charge < -0.3 is 4.90 Å². The maximum Gasteiger partial charge on any atom is 0.250 e. The van der Waals surface area contributed by atoms with E-state index in [2.05, 4.69) is 64.2 Å². The fourth-order valence-electron chi connectivity index (χ4n) is 4.47. The van der Waals surface area contributed by atoms with Crippen LogP contribution in [-0.4, -0.2) is 42.6 Å². The summed E-state index contributed by atoms with van der Waals surface area (Å²) in [5.74, 6) is 1.28. The van der Waals surface area contributed by atoms with Crippen LogP contribution in [0.15, 0.2) is 24.3 Å². The molecule has 5 heteroatoms. The number of fused-ring (bicyclic) bond motifs is 5. The number of nitriles is 1. The average molecular weight is 363 g/mol. The Morgan fingerprint density at radius 3 is 2.78 bits per heavy atom. The molecular formula is C22H28N5+. The van der Waals surface area contributed by atoms with Gasteiger partial charge in [-0.15, -0.1) is 0 Å². The maximum absolute atomic E-state index is 9.79. The highest BCUT2D eigenvalue weighted by atomic mass is 15.3. The Hall–Kier alpha value is -2.58. The van der Waals surface area contributed by atoms with E-state index in [9.17, 15) is 5.26 Å². The van der Waals surface area contributed by atoms with E-state index < -0.39 is 0 Å². The van der Waals surface area contributed by atoms with Crippen LogP contribution in [0.1, 0.15) is 37.0 Å². The number of hydrogen-bond donors (Lipinski definition) is 1. The van der Waals surface area contributed by atoms with Crippen molar-refractivity contribution >= 4 is 22.5 Å². The molecule has 1 aromatic carbocycles. The van der Waals surface area contributed by atoms with Crippen molar-refractivity contribution in [1.29, 1.82) is 5.26 Å². The number of para-hydroxylation sites is 2. The monoisotopic (exact) mass is 362 g/mol. The third-order valence-corrected chi connectivity index (χ3v) is 6.01. The zero-order valence-corrected chi connectivity index (χ0v) is 16.5. The highest BCUT2D eigenvalue weighted by Crippen LogP contribution is 2.32. The molecule has 0 bridgehead atoms. The number of anilines is 1. The molecular weight excluding hydrogens is 334 g/mol. The van der Waals surface area contributed by atoms with Crippen molar-refractivity contribution in [2.24, 2.45) is 0 Å². The lowest BCUT2D eigenvalue weighted by atomic mass is 10.0. The van der Waals surface area contributed by atoms with Crippen LogP contribution in [0.2, 0.25) is 0 Å². The maximum atomic E-state index is 9.79. The standard InChI is InChI=1S/C22H27N5/c1-4-25(5-2)12-8-13-26-14-11-17-16(3)18(15-23)21-24-19-9-6-7-10-20(19)27(21)22(17)26/h6-7,9-10H,4-5,8,11-14H2,1-3H3/p+1. The van der Waals surface area contributed by atoms with Crippen molar-refractivity contribution < 1.29 is 4.40 Å². The smallest absolute Gasteiger partial charge is 0.250 e. The minimum atomic E-state index is 0.773. The number of pyridine rings is 1. The number of H-pyrrole nitrogens is 1. The lowest BCUT2D eigenvalue weighted by Crippen LogP contribution is -2.35. The van der Waals surface area contributed by atoms with E-state index >= 15 is 0 Å². The van der Waals surface area contributed by atoms with Gasteiger partial charge in [-0.05, 0) is 44.1 Å². The summed E-state index contributed by atoms with van der Waals surface area (Å²) in [4.78, 5) is 8.48. The third kappa shape index (κ3) is 2.85. The van der Waals surface area contributed by atoms with Crippen LogP contribution >= 0.6 is 0 Å². The molecule has 27 heavy (non-hydrogen) atoms. The van der Waals surface area contributed by atoms with Gasteiger partial charge in [0, 0.05) is 18.5 Å². The van der Waals surface area contributed by atoms with Gasteiger partial charge in [0.05, 0.1) is 13.1 Å². The predicted molar refractivity (Wildman–Crippen MR) is 109 cm³/mol. The molecule has 1 N–H and O–H groups in total. The first kappa shape index (κ1) is 17.8. The van der Waals surface area contributed by atoms with Crippen molar-refractivity contribution in [2.45, 2.75) is 33.6 Å². The van der Waals surface area contributed by atoms with E-state index in [1.54, 1.807) is 0 Å². The number of nitrogens with zero attached hydrogens (tertiary/aromatic N) is 4. The fraction of sp³-hybridized carbons (Fsp3) is 0.455. The van der Waals surface area contributed by atoms with Crippen molar-refractivity contribution in [2.75, 3.05) is 37.6 Å². The molecule has 2 aromatic heterocycles. The number of hydrogen-bond acceptors (Lipinski definition) is 3. The Kier molecular flexibility index (Phi) is 4.75. The normalized spacial score (nSPS) is 13.7. The number of imidazole rings is 1. The quantitative estimate of drug-likeness (QED) is 0.685. The van der Waals surface area contributed by atoms with Gasteiger partial charge in [-0.1, -0.05) is 26.0 Å². The fourth-order valence-corrected chi connectivity index (χ4v) is 4.47. The highest BCUT2D eigenvalue weighted by Gasteiger charge is 2.33. The molecule has 140 valence electrons. The summed E-state index contributed by atoms with van der Waals surface area (Å²) in [5, 5.41) is 9.79. The van der Waals surface area contributed by atoms with Gasteiger partial charge in [0.1, 0.15) is 22.7 Å². The first-order valence-corrected chi connectivity index (χ1v) is 10.0. The second kappa shape index (κ2) is 7.21. The molecule has 0 amide bonds. The zero-order valence-electron chi connectivity index (χ0n) is 16.5. The molecule has 0 aliphatic carbocycles. The molecule has 3 heterocycles. The molecule has 0 spiro atoms. The van der Waals surface area contributed by atoms with Crippen molar-refractivity contribution in [3.8, 4) is 6.07 Å². The van der Waals surface area contributed by atoms with E-state index in [4.69, 9.17) is 0 Å². The van der Waals surface area contributed by atoms with Gasteiger partial charge in [-0.3, -0.25) is 9.88 Å². The predicted octanol–water partition coefficient (Wildman–Crippen LogP) is 3.18. The molecule has 0 unspecified atom stereocenters. The number of nitrogens with one attached hydrogen (secondary N) is 1. The molecule has 0 radical (unpaired) electrons. The van der Waals surface area contributed by atoms with Crippen LogP contribution in [0.3, 0.4) is 0 Å². The SMILES string of the molecule is CCN(CC)CCCN1CCc2c(C)c(C#N)c3[nH]c4ccccc4[n+]3c21. The summed E-state index contributed by atoms with van der Waals surface area (Å²) >= 11 is 0. The first-order chi connectivity index (χ1) is 13.2. The van der Waals surface area contributed by atoms with Gasteiger partial charge in [-0.2, -0.15) is 9.66 Å². The lowest BCUT2D eigenvalue weighted by Gasteiger charge is -2.20. The zero-order chi connectivity index (χ0) is 19.0. The van der Waals surface area contributed by atoms with Crippen LogP contribution in [0.4, 0.5) is 5.82 Å². The molecule has 4 rings (SSSR count). The number of rotatable bonds is 6. The summed E-state index contributed by atoms with van der Waals surface area (Å²) in [5.41, 5.74) is 6.38. The Morgan fingerprint density at radius 1 is 1.26 bits per heavy atom. The molecule has 0 fully saturated rings. The molecule has 0 saturated carbocycles. The summed E-state index contributed by atoms with van der Waals surface area (Å²) < 4.78 is 2.28. The van der Waals surface area contributed by atoms with Crippen LogP contribution in [0.5, 0.6) is 0 Å². The molecule has 0 saturated heterocycles. The van der Waals surface area contributed by atoms with Gasteiger partial charge in [-0.25, -0.2) is 0 Å². The van der Waals surface area contributed by atoms with Crippen LogP contribution in [0, 0.1) is 18.3 Å². The Morgan fingerprint density at radius 2 is 2.04 bits per heavy atom. The summed E-state index contributed by atoms with van der Waals surface area (Å²) in [7, 11) is 0. The topological polar surface area (TPSA) is 50.2 Å². The van der Waals surface area contributed by atoms with Gasteiger partial charge in [0.2, 0.25) is 11.5 Å². The largest absolute Gasteiger partial charge is 0.304 e. The van der Waals surface area contributed by atoms with E-state index in [1.165, 1.54) is 11.4 Å². The first-order valence-electron chi connectivity index (χ1n) is 10.0. The summed E-state index contributed by atoms with van der Waals surface area (Å²) in [6, 6.07) is 10.8. The lowest BCUT2D eigenvalue weighted by molar-refractivity contribution is -0.467. The van der Waals surface area contributed by atoms with Crippen molar-refractivity contribution in [3.05, 3.63) is 41.0 Å². The van der Waals surface area contributed by atoms with Crippen LogP contribution in [-0.2, 0) is 6.42 Å². The van der Waals surface area contributed by atoms with Crippen molar-refractivity contribution in [1.82, 2.24) is 9.88 Å². The second-order valence-corrected chi connectivity index (χ2v) is 7.36. The average Bonchev–Trinajstić information content (AvgIpc) is 3.27. The molecule has 0 atom stereocenters. The minimum Gasteiger partial charge on any atom is -0.304 e. The van der Waals surface area contributed by atoms with Gasteiger partial charge >= 0.3 is 0 Å². The molecule has 1 aliphatic rings. The van der Waals surface area contributed by atoms with Gasteiger partial charge in [0.15, 0.2) is 0 Å². The van der Waals surface area contributed by atoms with E-state index in [0.717, 1.165) is 73.4 Å². The molecule has 1 aliphatic heterocycles. The third-order valence-electron chi connectivity index (χ3n) is 6.01. The number of benzene rings is 1. The van der Waals surface area contributed by atoms with E-state index in [-0.39, 0.29) is 0 Å². The number of aromatic amines is 1. The number of aromatic nitrogens is 2. The van der Waals surface area contributed by atoms with Crippen LogP contribution < -0.4 is 9.30 Å². The molecule has 3 aromatic rings. The Bertz CT molecular complexity index is 1020. The Labute approximate surface area is 160 Å². The highest BCUT2D eigenvalue weighted by molar-refractivity contribution is 5.78. The molecule has 5 nitrogen and oxygen atoms in total. The van der Waals surface area contributed by atoms with Gasteiger partial charge in [0.25, 0.3) is 0 Å². The summed E-state index contributed by atoms with van der Waals surface area (Å²) in [6.07, 6.45) is 2.17. The second-order valence-electron chi connectivity index (χ2n) is 7.36. The van der Waals surface area contributed by atoms with E-state index in [0.29, 0.717) is 0 Å². The van der Waals surface area contributed by atoms with E-state index in [1.807, 2.05) is 6.07 Å². The Balaban J connectivity index is 1.80.